The zero-order valence-corrected chi connectivity index (χ0v) is 9.50. The van der Waals surface area contributed by atoms with Gasteiger partial charge in [-0.2, -0.15) is 0 Å². The highest BCUT2D eigenvalue weighted by molar-refractivity contribution is 9.09. The zero-order chi connectivity index (χ0) is 9.97. The molecule has 2 aromatic rings. The topological polar surface area (TPSA) is 22.4 Å². The summed E-state index contributed by atoms with van der Waals surface area (Å²) < 4.78 is 11.1. The standard InChI is InChI=1S/C11H11BrO2/c1-8-7-9-3-2-4-10(11(9)14-8)13-6-5-12/h2-4,7H,5-6H2,1H3. The second-order valence-electron chi connectivity index (χ2n) is 3.07. The van der Waals surface area contributed by atoms with E-state index in [0.29, 0.717) is 6.61 Å². The summed E-state index contributed by atoms with van der Waals surface area (Å²) in [5, 5.41) is 1.91. The van der Waals surface area contributed by atoms with Crippen LogP contribution in [0.2, 0.25) is 0 Å². The Morgan fingerprint density at radius 2 is 2.29 bits per heavy atom. The van der Waals surface area contributed by atoms with Crippen molar-refractivity contribution in [3.05, 3.63) is 30.0 Å². The van der Waals surface area contributed by atoms with Gasteiger partial charge in [0.25, 0.3) is 0 Å². The molecule has 0 aliphatic carbocycles. The molecule has 3 heteroatoms. The van der Waals surface area contributed by atoms with Gasteiger partial charge in [-0.25, -0.2) is 0 Å². The number of halogens is 1. The van der Waals surface area contributed by atoms with Gasteiger partial charge in [-0.05, 0) is 19.1 Å². The highest BCUT2D eigenvalue weighted by Gasteiger charge is 2.06. The molecule has 2 rings (SSSR count). The van der Waals surface area contributed by atoms with Crippen molar-refractivity contribution in [3.63, 3.8) is 0 Å². The van der Waals surface area contributed by atoms with Gasteiger partial charge in [0.15, 0.2) is 11.3 Å². The molecule has 0 radical (unpaired) electrons. The molecule has 0 fully saturated rings. The van der Waals surface area contributed by atoms with Crippen LogP contribution in [-0.4, -0.2) is 11.9 Å². The maximum Gasteiger partial charge on any atom is 0.176 e. The second-order valence-corrected chi connectivity index (χ2v) is 3.86. The number of para-hydroxylation sites is 1. The van der Waals surface area contributed by atoms with Gasteiger partial charge in [0.05, 0.1) is 6.61 Å². The Kier molecular flexibility index (Phi) is 2.77. The van der Waals surface area contributed by atoms with Gasteiger partial charge in [-0.15, -0.1) is 0 Å². The Hall–Kier alpha value is -0.960. The third-order valence-corrected chi connectivity index (χ3v) is 2.29. The molecule has 0 saturated carbocycles. The Labute approximate surface area is 91.0 Å². The maximum atomic E-state index is 5.56. The van der Waals surface area contributed by atoms with Crippen LogP contribution < -0.4 is 4.74 Å². The molecule has 2 nitrogen and oxygen atoms in total. The summed E-state index contributed by atoms with van der Waals surface area (Å²) in [6, 6.07) is 7.93. The Bertz CT molecular complexity index is 434. The van der Waals surface area contributed by atoms with Crippen LogP contribution in [0.5, 0.6) is 5.75 Å². The largest absolute Gasteiger partial charge is 0.489 e. The van der Waals surface area contributed by atoms with E-state index >= 15 is 0 Å². The van der Waals surface area contributed by atoms with E-state index in [0.717, 1.165) is 27.8 Å². The fourth-order valence-electron chi connectivity index (χ4n) is 1.43. The number of fused-ring (bicyclic) bond motifs is 1. The lowest BCUT2D eigenvalue weighted by Crippen LogP contribution is -1.97. The fraction of sp³-hybridized carbons (Fsp3) is 0.273. The van der Waals surface area contributed by atoms with E-state index in [4.69, 9.17) is 9.15 Å². The molecule has 0 spiro atoms. The highest BCUT2D eigenvalue weighted by Crippen LogP contribution is 2.28. The van der Waals surface area contributed by atoms with Gasteiger partial charge in [0.1, 0.15) is 5.76 Å². The number of rotatable bonds is 3. The van der Waals surface area contributed by atoms with E-state index in [1.54, 1.807) is 0 Å². The molecule has 0 unspecified atom stereocenters. The molecule has 1 heterocycles. The molecule has 0 atom stereocenters. The number of hydrogen-bond donors (Lipinski definition) is 0. The number of benzene rings is 1. The lowest BCUT2D eigenvalue weighted by molar-refractivity contribution is 0.342. The number of hydrogen-bond acceptors (Lipinski definition) is 2. The van der Waals surface area contributed by atoms with E-state index in [-0.39, 0.29) is 0 Å². The number of ether oxygens (including phenoxy) is 1. The smallest absolute Gasteiger partial charge is 0.176 e. The summed E-state index contributed by atoms with van der Waals surface area (Å²) in [7, 11) is 0. The SMILES string of the molecule is Cc1cc2cccc(OCCBr)c2o1. The van der Waals surface area contributed by atoms with E-state index < -0.39 is 0 Å². The second kappa shape index (κ2) is 4.05. The van der Waals surface area contributed by atoms with Crippen LogP contribution in [0.3, 0.4) is 0 Å². The normalized spacial score (nSPS) is 10.7. The van der Waals surface area contributed by atoms with Gasteiger partial charge < -0.3 is 9.15 Å². The molecule has 0 N–H and O–H groups in total. The van der Waals surface area contributed by atoms with Crippen LogP contribution in [0.15, 0.2) is 28.7 Å². The number of aryl methyl sites for hydroxylation is 1. The molecule has 14 heavy (non-hydrogen) atoms. The van der Waals surface area contributed by atoms with Gasteiger partial charge >= 0.3 is 0 Å². The molecule has 1 aromatic heterocycles. The van der Waals surface area contributed by atoms with Crippen molar-refractivity contribution in [1.29, 1.82) is 0 Å². The molecule has 1 aromatic carbocycles. The Balaban J connectivity index is 2.42. The van der Waals surface area contributed by atoms with Crippen molar-refractivity contribution in [2.45, 2.75) is 6.92 Å². The molecule has 0 saturated heterocycles. The molecular formula is C11H11BrO2. The number of furan rings is 1. The molecule has 0 bridgehead atoms. The molecule has 0 aliphatic rings. The quantitative estimate of drug-likeness (QED) is 0.783. The van der Waals surface area contributed by atoms with E-state index in [1.807, 2.05) is 31.2 Å². The molecular weight excluding hydrogens is 244 g/mol. The van der Waals surface area contributed by atoms with Crippen LogP contribution in [0.4, 0.5) is 0 Å². The first-order valence-corrected chi connectivity index (χ1v) is 5.61. The third-order valence-electron chi connectivity index (χ3n) is 1.97. The Morgan fingerprint density at radius 3 is 3.07 bits per heavy atom. The summed E-state index contributed by atoms with van der Waals surface area (Å²) in [5.41, 5.74) is 0.839. The first-order chi connectivity index (χ1) is 6.81. The van der Waals surface area contributed by atoms with Crippen molar-refractivity contribution in [1.82, 2.24) is 0 Å². The fourth-order valence-corrected chi connectivity index (χ4v) is 1.59. The maximum absolute atomic E-state index is 5.56. The average molecular weight is 255 g/mol. The van der Waals surface area contributed by atoms with Crippen molar-refractivity contribution < 1.29 is 9.15 Å². The Morgan fingerprint density at radius 1 is 1.43 bits per heavy atom. The average Bonchev–Trinajstić information content (AvgIpc) is 2.55. The van der Waals surface area contributed by atoms with E-state index in [2.05, 4.69) is 15.9 Å². The molecule has 0 aliphatic heterocycles. The third kappa shape index (κ3) is 1.77. The van der Waals surface area contributed by atoms with Gasteiger partial charge in [-0.1, -0.05) is 28.1 Å². The van der Waals surface area contributed by atoms with Crippen molar-refractivity contribution in [2.24, 2.45) is 0 Å². The highest BCUT2D eigenvalue weighted by atomic mass is 79.9. The van der Waals surface area contributed by atoms with Crippen LogP contribution in [0, 0.1) is 6.92 Å². The summed E-state index contributed by atoms with van der Waals surface area (Å²) in [4.78, 5) is 0. The van der Waals surface area contributed by atoms with Crippen LogP contribution in [0.25, 0.3) is 11.0 Å². The minimum atomic E-state index is 0.652. The van der Waals surface area contributed by atoms with E-state index in [1.165, 1.54) is 0 Å². The van der Waals surface area contributed by atoms with Crippen molar-refractivity contribution in [3.8, 4) is 5.75 Å². The first kappa shape index (κ1) is 9.59. The lowest BCUT2D eigenvalue weighted by atomic mass is 10.2. The van der Waals surface area contributed by atoms with Crippen LogP contribution in [0.1, 0.15) is 5.76 Å². The van der Waals surface area contributed by atoms with Gasteiger partial charge in [-0.3, -0.25) is 0 Å². The predicted octanol–water partition coefficient (Wildman–Crippen LogP) is 3.51. The molecule has 0 amide bonds. The lowest BCUT2D eigenvalue weighted by Gasteiger charge is -2.03. The molecule has 74 valence electrons. The number of alkyl halides is 1. The van der Waals surface area contributed by atoms with Gasteiger partial charge in [0, 0.05) is 10.7 Å². The van der Waals surface area contributed by atoms with E-state index in [9.17, 15) is 0 Å². The minimum Gasteiger partial charge on any atom is -0.489 e. The summed E-state index contributed by atoms with van der Waals surface area (Å²) in [6.07, 6.45) is 0. The first-order valence-electron chi connectivity index (χ1n) is 4.49. The summed E-state index contributed by atoms with van der Waals surface area (Å²) in [5.74, 6) is 1.73. The van der Waals surface area contributed by atoms with Crippen molar-refractivity contribution >= 4 is 26.9 Å². The van der Waals surface area contributed by atoms with Gasteiger partial charge in [0.2, 0.25) is 0 Å². The minimum absolute atomic E-state index is 0.652. The van der Waals surface area contributed by atoms with Crippen LogP contribution in [-0.2, 0) is 0 Å². The predicted molar refractivity (Wildman–Crippen MR) is 60.2 cm³/mol. The summed E-state index contributed by atoms with van der Waals surface area (Å²) in [6.45, 7) is 2.59. The monoisotopic (exact) mass is 254 g/mol. The zero-order valence-electron chi connectivity index (χ0n) is 7.92. The van der Waals surface area contributed by atoms with Crippen molar-refractivity contribution in [2.75, 3.05) is 11.9 Å². The van der Waals surface area contributed by atoms with Crippen LogP contribution >= 0.6 is 15.9 Å². The summed E-state index contributed by atoms with van der Waals surface area (Å²) >= 11 is 3.32.